The van der Waals surface area contributed by atoms with Gasteiger partial charge < -0.3 is 20.3 Å². The van der Waals surface area contributed by atoms with Crippen LogP contribution in [0.1, 0.15) is 38.5 Å². The Kier molecular flexibility index (Phi) is 5.19. The normalized spacial score (nSPS) is 36.1. The molecule has 0 aromatic heterocycles. The van der Waals surface area contributed by atoms with E-state index in [9.17, 15) is 9.90 Å². The predicted molar refractivity (Wildman–Crippen MR) is 71.0 cm³/mol. The number of aliphatic carboxylic acids is 1. The second-order valence-electron chi connectivity index (χ2n) is 6.05. The quantitative estimate of drug-likeness (QED) is 0.695. The highest BCUT2D eigenvalue weighted by atomic mass is 16.5. The van der Waals surface area contributed by atoms with Crippen LogP contribution in [-0.4, -0.2) is 48.1 Å². The van der Waals surface area contributed by atoms with Crippen molar-refractivity contribution in [3.05, 3.63) is 0 Å². The summed E-state index contributed by atoms with van der Waals surface area (Å²) in [6, 6.07) is 0. The Labute approximate surface area is 114 Å². The molecular weight excluding hydrogens is 246 g/mol. The van der Waals surface area contributed by atoms with Gasteiger partial charge in [-0.3, -0.25) is 4.79 Å². The van der Waals surface area contributed by atoms with Gasteiger partial charge in [0.15, 0.2) is 0 Å². The van der Waals surface area contributed by atoms with Crippen LogP contribution in [-0.2, 0) is 9.53 Å². The van der Waals surface area contributed by atoms with Crippen molar-refractivity contribution in [1.29, 1.82) is 0 Å². The van der Waals surface area contributed by atoms with Crippen LogP contribution in [0.25, 0.3) is 0 Å². The molecule has 3 N–H and O–H groups in total. The van der Waals surface area contributed by atoms with Crippen molar-refractivity contribution in [3.63, 3.8) is 0 Å². The van der Waals surface area contributed by atoms with Gasteiger partial charge in [-0.25, -0.2) is 0 Å². The first-order chi connectivity index (χ1) is 9.09. The second-order valence-corrected chi connectivity index (χ2v) is 6.05. The largest absolute Gasteiger partial charge is 0.481 e. The summed E-state index contributed by atoms with van der Waals surface area (Å²) in [5.41, 5.74) is -0.721. The van der Waals surface area contributed by atoms with Gasteiger partial charge in [-0.1, -0.05) is 0 Å². The summed E-state index contributed by atoms with van der Waals surface area (Å²) >= 11 is 0. The summed E-state index contributed by atoms with van der Waals surface area (Å²) in [6.07, 6.45) is 4.64. The van der Waals surface area contributed by atoms with E-state index in [0.29, 0.717) is 38.1 Å². The van der Waals surface area contributed by atoms with Gasteiger partial charge in [0.1, 0.15) is 0 Å². The van der Waals surface area contributed by atoms with E-state index in [1.165, 1.54) is 6.42 Å². The van der Waals surface area contributed by atoms with Crippen molar-refractivity contribution >= 4 is 5.97 Å². The molecule has 1 unspecified atom stereocenters. The fourth-order valence-corrected chi connectivity index (χ4v) is 3.06. The van der Waals surface area contributed by atoms with Gasteiger partial charge in [0, 0.05) is 19.7 Å². The monoisotopic (exact) mass is 271 g/mol. The maximum Gasteiger partial charge on any atom is 0.306 e. The zero-order valence-electron chi connectivity index (χ0n) is 11.4. The van der Waals surface area contributed by atoms with Crippen molar-refractivity contribution in [3.8, 4) is 0 Å². The molecule has 1 atom stereocenters. The molecule has 0 aromatic rings. The Hall–Kier alpha value is -0.650. The van der Waals surface area contributed by atoms with Gasteiger partial charge in [0.25, 0.3) is 0 Å². The molecule has 2 rings (SSSR count). The van der Waals surface area contributed by atoms with E-state index < -0.39 is 11.6 Å². The minimum absolute atomic E-state index is 0.271. The topological polar surface area (TPSA) is 78.8 Å². The average Bonchev–Trinajstić information content (AvgIpc) is 2.40. The van der Waals surface area contributed by atoms with E-state index in [1.54, 1.807) is 0 Å². The summed E-state index contributed by atoms with van der Waals surface area (Å²) < 4.78 is 5.42. The van der Waals surface area contributed by atoms with E-state index in [-0.39, 0.29) is 5.92 Å². The third-order valence-corrected chi connectivity index (χ3v) is 4.41. The van der Waals surface area contributed by atoms with Crippen LogP contribution in [0, 0.1) is 11.8 Å². The standard InChI is InChI=1S/C14H25NO4/c16-13(17)12-3-5-14(18,6-4-12)10-15-8-11-2-1-7-19-9-11/h11-12,15,18H,1-10H2,(H,16,17). The first-order valence-electron chi connectivity index (χ1n) is 7.33. The third-order valence-electron chi connectivity index (χ3n) is 4.41. The molecule has 1 saturated heterocycles. The number of carboxylic acid groups (broad SMARTS) is 1. The molecule has 1 saturated carbocycles. The summed E-state index contributed by atoms with van der Waals surface area (Å²) in [5, 5.41) is 22.7. The Morgan fingerprint density at radius 1 is 1.32 bits per heavy atom. The van der Waals surface area contributed by atoms with Gasteiger partial charge in [0.05, 0.1) is 18.1 Å². The maximum absolute atomic E-state index is 10.9. The van der Waals surface area contributed by atoms with Gasteiger partial charge in [-0.15, -0.1) is 0 Å². The third kappa shape index (κ3) is 4.44. The molecule has 110 valence electrons. The van der Waals surface area contributed by atoms with Gasteiger partial charge in [-0.05, 0) is 44.4 Å². The maximum atomic E-state index is 10.9. The number of aliphatic hydroxyl groups is 1. The smallest absolute Gasteiger partial charge is 0.306 e. The summed E-state index contributed by atoms with van der Waals surface area (Å²) in [4.78, 5) is 10.9. The molecule has 1 heterocycles. The SMILES string of the molecule is O=C(O)C1CCC(O)(CNCC2CCCOC2)CC1. The molecule has 5 nitrogen and oxygen atoms in total. The first-order valence-corrected chi connectivity index (χ1v) is 7.33. The molecule has 0 spiro atoms. The lowest BCUT2D eigenvalue weighted by atomic mass is 9.79. The lowest BCUT2D eigenvalue weighted by molar-refractivity contribution is -0.144. The molecular formula is C14H25NO4. The van der Waals surface area contributed by atoms with Crippen molar-refractivity contribution in [2.75, 3.05) is 26.3 Å². The molecule has 5 heteroatoms. The van der Waals surface area contributed by atoms with E-state index >= 15 is 0 Å². The molecule has 0 aromatic carbocycles. The highest BCUT2D eigenvalue weighted by molar-refractivity contribution is 5.70. The molecule has 0 amide bonds. The van der Waals surface area contributed by atoms with Crippen LogP contribution in [0.2, 0.25) is 0 Å². The molecule has 0 radical (unpaired) electrons. The van der Waals surface area contributed by atoms with E-state index in [2.05, 4.69) is 5.32 Å². The van der Waals surface area contributed by atoms with Gasteiger partial charge in [0.2, 0.25) is 0 Å². The minimum Gasteiger partial charge on any atom is -0.481 e. The zero-order chi connectivity index (χ0) is 13.7. The molecule has 1 aliphatic carbocycles. The highest BCUT2D eigenvalue weighted by Crippen LogP contribution is 2.31. The molecule has 2 fully saturated rings. The van der Waals surface area contributed by atoms with Crippen molar-refractivity contribution in [2.24, 2.45) is 11.8 Å². The molecule has 2 aliphatic rings. The van der Waals surface area contributed by atoms with E-state index in [0.717, 1.165) is 26.2 Å². The predicted octanol–water partition coefficient (Wildman–Crippen LogP) is 1.01. The first kappa shape index (κ1) is 14.8. The van der Waals surface area contributed by atoms with Crippen molar-refractivity contribution in [2.45, 2.75) is 44.1 Å². The fourth-order valence-electron chi connectivity index (χ4n) is 3.06. The fraction of sp³-hybridized carbons (Fsp3) is 0.929. The lowest BCUT2D eigenvalue weighted by Crippen LogP contribution is -2.46. The highest BCUT2D eigenvalue weighted by Gasteiger charge is 2.35. The number of nitrogens with one attached hydrogen (secondary N) is 1. The van der Waals surface area contributed by atoms with E-state index in [4.69, 9.17) is 9.84 Å². The van der Waals surface area contributed by atoms with Crippen molar-refractivity contribution in [1.82, 2.24) is 5.32 Å². The molecule has 1 aliphatic heterocycles. The van der Waals surface area contributed by atoms with Crippen LogP contribution >= 0.6 is 0 Å². The summed E-state index contributed by atoms with van der Waals surface area (Å²) in [5.74, 6) is -0.450. The molecule has 0 bridgehead atoms. The number of hydrogen-bond acceptors (Lipinski definition) is 4. The average molecular weight is 271 g/mol. The Balaban J connectivity index is 1.66. The number of rotatable bonds is 5. The van der Waals surface area contributed by atoms with E-state index in [1.807, 2.05) is 0 Å². The van der Waals surface area contributed by atoms with Crippen LogP contribution in [0.3, 0.4) is 0 Å². The van der Waals surface area contributed by atoms with Crippen molar-refractivity contribution < 1.29 is 19.7 Å². The summed E-state index contributed by atoms with van der Waals surface area (Å²) in [6.45, 7) is 3.13. The van der Waals surface area contributed by atoms with Crippen LogP contribution in [0.15, 0.2) is 0 Å². The number of carboxylic acids is 1. The lowest BCUT2D eigenvalue weighted by Gasteiger charge is -2.35. The summed E-state index contributed by atoms with van der Waals surface area (Å²) in [7, 11) is 0. The van der Waals surface area contributed by atoms with Gasteiger partial charge >= 0.3 is 5.97 Å². The minimum atomic E-state index is -0.727. The Morgan fingerprint density at radius 3 is 2.63 bits per heavy atom. The number of hydrogen-bond donors (Lipinski definition) is 3. The second kappa shape index (κ2) is 6.68. The zero-order valence-corrected chi connectivity index (χ0v) is 11.4. The van der Waals surface area contributed by atoms with Crippen LogP contribution in [0.5, 0.6) is 0 Å². The number of ether oxygens (including phenoxy) is 1. The Bertz CT molecular complexity index is 294. The van der Waals surface area contributed by atoms with Crippen LogP contribution < -0.4 is 5.32 Å². The van der Waals surface area contributed by atoms with Crippen LogP contribution in [0.4, 0.5) is 0 Å². The Morgan fingerprint density at radius 2 is 2.05 bits per heavy atom. The molecule has 19 heavy (non-hydrogen) atoms. The van der Waals surface area contributed by atoms with Gasteiger partial charge in [-0.2, -0.15) is 0 Å². The number of carbonyl (C=O) groups is 1.